The minimum Gasteiger partial charge on any atom is -0.148 e. The van der Waals surface area contributed by atoms with Crippen LogP contribution in [-0.4, -0.2) is 29.5 Å². The highest BCUT2D eigenvalue weighted by atomic mass is 32.2. The predicted molar refractivity (Wildman–Crippen MR) is 75.2 cm³/mol. The second-order valence-electron chi connectivity index (χ2n) is 4.85. The van der Waals surface area contributed by atoms with E-state index in [4.69, 9.17) is 0 Å². The number of benzene rings is 1. The van der Waals surface area contributed by atoms with Crippen molar-refractivity contribution in [3.63, 3.8) is 0 Å². The summed E-state index contributed by atoms with van der Waals surface area (Å²) in [5.74, 6) is 0. The molecule has 0 aliphatic carbocycles. The van der Waals surface area contributed by atoms with Crippen molar-refractivity contribution in [2.75, 3.05) is 19.0 Å². The van der Waals surface area contributed by atoms with Crippen LogP contribution in [0.4, 0.5) is 0 Å². The molecular weight excluding hydrogens is 219 g/mol. The summed E-state index contributed by atoms with van der Waals surface area (Å²) >= 11 is 2.17. The zero-order chi connectivity index (χ0) is 10.9. The first-order chi connectivity index (χ1) is 7.10. The standard InChI is InChI=1S/C13H20PS/c1-11-9-14(3,10-12(2)15-11)13-7-5-4-6-8-13/h4-8,11-12H,9-10H2,1-3H3/q+1/t11-,12+,14?. The van der Waals surface area contributed by atoms with E-state index >= 15 is 0 Å². The zero-order valence-corrected chi connectivity index (χ0v) is 11.5. The predicted octanol–water partition coefficient (Wildman–Crippen LogP) is 3.48. The first kappa shape index (κ1) is 11.5. The van der Waals surface area contributed by atoms with Crippen LogP contribution in [0.15, 0.2) is 30.3 Å². The first-order valence-electron chi connectivity index (χ1n) is 5.66. The molecule has 0 bridgehead atoms. The molecule has 0 N–H and O–H groups in total. The SMILES string of the molecule is C[C@@H]1C[P+](C)(c2ccccc2)C[C@H](C)S1. The van der Waals surface area contributed by atoms with Gasteiger partial charge in [-0.15, -0.1) is 11.8 Å². The summed E-state index contributed by atoms with van der Waals surface area (Å²) in [5.41, 5.74) is 0. The fourth-order valence-corrected chi connectivity index (χ4v) is 9.88. The number of hydrogen-bond donors (Lipinski definition) is 0. The van der Waals surface area contributed by atoms with E-state index in [2.05, 4.69) is 62.6 Å². The van der Waals surface area contributed by atoms with E-state index in [0.29, 0.717) is 0 Å². The topological polar surface area (TPSA) is 0 Å². The summed E-state index contributed by atoms with van der Waals surface area (Å²) < 4.78 is 0. The van der Waals surface area contributed by atoms with Crippen molar-refractivity contribution in [3.8, 4) is 0 Å². The minimum absolute atomic E-state index is 0.840. The molecule has 82 valence electrons. The highest BCUT2D eigenvalue weighted by Crippen LogP contribution is 2.60. The average molecular weight is 239 g/mol. The quantitative estimate of drug-likeness (QED) is 0.676. The lowest BCUT2D eigenvalue weighted by atomic mass is 10.4. The third-order valence-corrected chi connectivity index (χ3v) is 9.17. The van der Waals surface area contributed by atoms with Crippen LogP contribution < -0.4 is 5.30 Å². The summed E-state index contributed by atoms with van der Waals surface area (Å²) in [6.07, 6.45) is 2.85. The molecule has 2 heteroatoms. The molecular formula is C13H20PS+. The summed E-state index contributed by atoms with van der Waals surface area (Å²) in [6, 6.07) is 11.2. The van der Waals surface area contributed by atoms with Crippen LogP contribution in [-0.2, 0) is 0 Å². The van der Waals surface area contributed by atoms with Gasteiger partial charge in [0.05, 0.1) is 24.3 Å². The van der Waals surface area contributed by atoms with Gasteiger partial charge in [-0.25, -0.2) is 0 Å². The monoisotopic (exact) mass is 239 g/mol. The Balaban J connectivity index is 2.26. The van der Waals surface area contributed by atoms with Crippen molar-refractivity contribution >= 4 is 24.3 Å². The van der Waals surface area contributed by atoms with Crippen LogP contribution in [0, 0.1) is 0 Å². The van der Waals surface area contributed by atoms with E-state index in [1.807, 2.05) is 0 Å². The molecule has 1 fully saturated rings. The van der Waals surface area contributed by atoms with Gasteiger partial charge in [-0.1, -0.05) is 18.2 Å². The normalized spacial score (nSPS) is 36.5. The molecule has 2 rings (SSSR count). The van der Waals surface area contributed by atoms with E-state index < -0.39 is 7.26 Å². The minimum atomic E-state index is -0.849. The lowest BCUT2D eigenvalue weighted by Crippen LogP contribution is -2.30. The maximum atomic E-state index is 2.54. The van der Waals surface area contributed by atoms with E-state index in [9.17, 15) is 0 Å². The van der Waals surface area contributed by atoms with Gasteiger partial charge in [0.25, 0.3) is 0 Å². The molecule has 0 aromatic heterocycles. The molecule has 1 heterocycles. The van der Waals surface area contributed by atoms with Gasteiger partial charge < -0.3 is 0 Å². The second kappa shape index (κ2) is 4.47. The van der Waals surface area contributed by atoms with Crippen molar-refractivity contribution in [1.29, 1.82) is 0 Å². The molecule has 1 aliphatic heterocycles. The molecule has 1 unspecified atom stereocenters. The number of thioether (sulfide) groups is 1. The molecule has 0 nitrogen and oxygen atoms in total. The number of rotatable bonds is 1. The maximum absolute atomic E-state index is 2.54. The van der Waals surface area contributed by atoms with Crippen molar-refractivity contribution in [1.82, 2.24) is 0 Å². The Kier molecular flexibility index (Phi) is 3.42. The van der Waals surface area contributed by atoms with E-state index in [-0.39, 0.29) is 0 Å². The average Bonchev–Trinajstić information content (AvgIpc) is 2.17. The van der Waals surface area contributed by atoms with Crippen LogP contribution in [0.3, 0.4) is 0 Å². The fourth-order valence-electron chi connectivity index (χ4n) is 2.69. The summed E-state index contributed by atoms with van der Waals surface area (Å²) in [6.45, 7) is 7.32. The summed E-state index contributed by atoms with van der Waals surface area (Å²) in [7, 11) is -0.849. The van der Waals surface area contributed by atoms with E-state index in [1.165, 1.54) is 12.3 Å². The molecule has 0 spiro atoms. The van der Waals surface area contributed by atoms with Crippen molar-refractivity contribution in [2.24, 2.45) is 0 Å². The van der Waals surface area contributed by atoms with Gasteiger partial charge in [-0.2, -0.15) is 0 Å². The van der Waals surface area contributed by atoms with Gasteiger partial charge in [-0.05, 0) is 26.0 Å². The largest absolute Gasteiger partial charge is 0.148 e. The molecule has 15 heavy (non-hydrogen) atoms. The summed E-state index contributed by atoms with van der Waals surface area (Å²) in [4.78, 5) is 0. The van der Waals surface area contributed by atoms with E-state index in [0.717, 1.165) is 10.5 Å². The van der Waals surface area contributed by atoms with Gasteiger partial charge in [0.15, 0.2) is 0 Å². The van der Waals surface area contributed by atoms with Gasteiger partial charge in [-0.3, -0.25) is 0 Å². The number of hydrogen-bond acceptors (Lipinski definition) is 1. The first-order valence-corrected chi connectivity index (χ1v) is 9.21. The molecule has 0 radical (unpaired) electrons. The van der Waals surface area contributed by atoms with Crippen molar-refractivity contribution in [3.05, 3.63) is 30.3 Å². The van der Waals surface area contributed by atoms with Crippen LogP contribution in [0.5, 0.6) is 0 Å². The Hall–Kier alpha value is -0.0000000000000000555. The zero-order valence-electron chi connectivity index (χ0n) is 9.81. The summed E-state index contributed by atoms with van der Waals surface area (Å²) in [5, 5.41) is 3.31. The third kappa shape index (κ3) is 2.57. The maximum Gasteiger partial charge on any atom is 0.0937 e. The molecule has 1 aromatic carbocycles. The lowest BCUT2D eigenvalue weighted by molar-refractivity contribution is 1.01. The Labute approximate surface area is 98.2 Å². The molecule has 3 atom stereocenters. The Morgan fingerprint density at radius 3 is 2.13 bits per heavy atom. The highest BCUT2D eigenvalue weighted by Gasteiger charge is 2.42. The van der Waals surface area contributed by atoms with Crippen LogP contribution >= 0.6 is 19.0 Å². The van der Waals surface area contributed by atoms with Gasteiger partial charge >= 0.3 is 0 Å². The smallest absolute Gasteiger partial charge is 0.0937 e. The van der Waals surface area contributed by atoms with Crippen LogP contribution in [0.1, 0.15) is 13.8 Å². The van der Waals surface area contributed by atoms with Crippen LogP contribution in [0.2, 0.25) is 0 Å². The van der Waals surface area contributed by atoms with Crippen molar-refractivity contribution in [2.45, 2.75) is 24.3 Å². The van der Waals surface area contributed by atoms with Crippen LogP contribution in [0.25, 0.3) is 0 Å². The third-order valence-electron chi connectivity index (χ3n) is 3.16. The Morgan fingerprint density at radius 1 is 1.07 bits per heavy atom. The fraction of sp³-hybridized carbons (Fsp3) is 0.538. The molecule has 0 amide bonds. The lowest BCUT2D eigenvalue weighted by Gasteiger charge is -2.34. The molecule has 0 saturated carbocycles. The van der Waals surface area contributed by atoms with E-state index in [1.54, 1.807) is 5.30 Å². The molecule has 1 aliphatic rings. The van der Waals surface area contributed by atoms with Gasteiger partial charge in [0, 0.05) is 17.8 Å². The second-order valence-corrected chi connectivity index (χ2v) is 10.8. The Morgan fingerprint density at radius 2 is 1.60 bits per heavy atom. The Bertz CT molecular complexity index is 313. The van der Waals surface area contributed by atoms with Crippen molar-refractivity contribution < 1.29 is 0 Å². The van der Waals surface area contributed by atoms with Gasteiger partial charge in [0.2, 0.25) is 0 Å². The van der Waals surface area contributed by atoms with Gasteiger partial charge in [0.1, 0.15) is 0 Å². The highest BCUT2D eigenvalue weighted by molar-refractivity contribution is 8.02. The molecule has 1 aromatic rings. The molecule has 1 saturated heterocycles.